The molecule has 0 amide bonds. The van der Waals surface area contributed by atoms with Crippen LogP contribution in [-0.4, -0.2) is 44.5 Å². The van der Waals surface area contributed by atoms with E-state index in [0.717, 1.165) is 28.3 Å². The van der Waals surface area contributed by atoms with Gasteiger partial charge >= 0.3 is 18.1 Å². The van der Waals surface area contributed by atoms with E-state index in [1.165, 1.54) is 20.3 Å². The first-order valence-corrected chi connectivity index (χ1v) is 14.6. The van der Waals surface area contributed by atoms with Crippen molar-refractivity contribution in [2.45, 2.75) is 63.6 Å². The van der Waals surface area contributed by atoms with Crippen LogP contribution >= 0.6 is 0 Å². The van der Waals surface area contributed by atoms with Crippen molar-refractivity contribution in [1.82, 2.24) is 0 Å². The summed E-state index contributed by atoms with van der Waals surface area (Å²) in [6.45, 7) is 4.55. The molecule has 2 unspecified atom stereocenters. The number of methoxy groups -OCH3 is 2. The van der Waals surface area contributed by atoms with Gasteiger partial charge < -0.3 is 28.8 Å². The SMILES string of the molecule is COC(=O)CC1COc2cc(O)c(C)cc21.COC(=O)CC1COc2cc(O[C@@H]3CCc4c3cccc4C(F)(F)F)c(C)cc21. The van der Waals surface area contributed by atoms with E-state index in [1.807, 2.05) is 26.0 Å². The average molecular weight is 629 g/mol. The Bertz CT molecular complexity index is 1600. The van der Waals surface area contributed by atoms with E-state index in [4.69, 9.17) is 18.9 Å². The first-order chi connectivity index (χ1) is 21.4. The van der Waals surface area contributed by atoms with Crippen LogP contribution in [0.3, 0.4) is 0 Å². The number of phenols is 1. The Hall–Kier alpha value is -4.41. The number of halogens is 3. The number of ether oxygens (including phenoxy) is 5. The number of phenolic OH excluding ortho intramolecular Hbond substituents is 1. The number of rotatable bonds is 6. The van der Waals surface area contributed by atoms with Crippen molar-refractivity contribution in [3.05, 3.63) is 81.4 Å². The molecule has 0 aromatic heterocycles. The molecule has 8 nitrogen and oxygen atoms in total. The van der Waals surface area contributed by atoms with Gasteiger partial charge in [-0.1, -0.05) is 12.1 Å². The summed E-state index contributed by atoms with van der Waals surface area (Å²) in [5.74, 6) is 1.52. The zero-order valence-electron chi connectivity index (χ0n) is 25.5. The number of hydrogen-bond donors (Lipinski definition) is 1. The Labute approximate surface area is 259 Å². The number of aromatic hydroxyl groups is 1. The smallest absolute Gasteiger partial charge is 0.416 e. The summed E-state index contributed by atoms with van der Waals surface area (Å²) in [7, 11) is 2.73. The minimum Gasteiger partial charge on any atom is -0.508 e. The van der Waals surface area contributed by atoms with Gasteiger partial charge in [-0.25, -0.2) is 0 Å². The molecule has 2 aliphatic heterocycles. The maximum Gasteiger partial charge on any atom is 0.416 e. The van der Waals surface area contributed by atoms with E-state index in [0.29, 0.717) is 60.9 Å². The van der Waals surface area contributed by atoms with E-state index in [9.17, 15) is 27.9 Å². The van der Waals surface area contributed by atoms with Gasteiger partial charge in [0.25, 0.3) is 0 Å². The fourth-order valence-electron chi connectivity index (χ4n) is 6.03. The molecule has 3 atom stereocenters. The maximum atomic E-state index is 13.3. The van der Waals surface area contributed by atoms with Crippen molar-refractivity contribution in [1.29, 1.82) is 0 Å². The standard InChI is InChI=1S/C22H21F3O4.C12H14O4/c1-12-8-16-13(9-21(26)27-2)11-28-20(16)10-19(12)29-18-7-6-14-15(18)4-3-5-17(14)22(23,24)25;1-7-3-9-8(4-12(14)15-2)6-16-11(9)5-10(7)13/h3-5,8,10,13,18H,6-7,9,11H2,1-2H3;3,5,8,13H,4,6H2,1-2H3/t13?,18-;/m1./s1. The van der Waals surface area contributed by atoms with Crippen LogP contribution in [0.1, 0.15) is 76.1 Å². The number of hydrogen-bond acceptors (Lipinski definition) is 8. The third kappa shape index (κ3) is 6.82. The molecular weight excluding hydrogens is 593 g/mol. The highest BCUT2D eigenvalue weighted by atomic mass is 19.4. The van der Waals surface area contributed by atoms with Gasteiger partial charge in [0.05, 0.1) is 45.8 Å². The van der Waals surface area contributed by atoms with Crippen molar-refractivity contribution in [2.75, 3.05) is 27.4 Å². The molecule has 1 N–H and O–H groups in total. The number of carbonyl (C=O) groups excluding carboxylic acids is 2. The average Bonchev–Trinajstić information content (AvgIpc) is 3.70. The summed E-state index contributed by atoms with van der Waals surface area (Å²) in [5.41, 5.74) is 3.86. The summed E-state index contributed by atoms with van der Waals surface area (Å²) in [4.78, 5) is 22.8. The number of aryl methyl sites for hydroxylation is 2. The molecular formula is C34H35F3O8. The monoisotopic (exact) mass is 628 g/mol. The van der Waals surface area contributed by atoms with Gasteiger partial charge in [-0.05, 0) is 67.1 Å². The zero-order chi connectivity index (χ0) is 32.5. The molecule has 240 valence electrons. The van der Waals surface area contributed by atoms with E-state index in [2.05, 4.69) is 4.74 Å². The summed E-state index contributed by atoms with van der Waals surface area (Å²) >= 11 is 0. The van der Waals surface area contributed by atoms with Crippen LogP contribution in [0.4, 0.5) is 13.2 Å². The lowest BCUT2D eigenvalue weighted by atomic mass is 9.96. The highest BCUT2D eigenvalue weighted by Crippen LogP contribution is 2.45. The van der Waals surface area contributed by atoms with Gasteiger partial charge in [0, 0.05) is 35.1 Å². The molecule has 0 bridgehead atoms. The Morgan fingerprint density at radius 3 is 2.02 bits per heavy atom. The van der Waals surface area contributed by atoms with Crippen molar-refractivity contribution >= 4 is 11.9 Å². The first-order valence-electron chi connectivity index (χ1n) is 14.6. The zero-order valence-corrected chi connectivity index (χ0v) is 25.5. The lowest BCUT2D eigenvalue weighted by molar-refractivity contribution is -0.142. The summed E-state index contributed by atoms with van der Waals surface area (Å²) in [6.07, 6.45) is -3.43. The van der Waals surface area contributed by atoms with E-state index in [1.54, 1.807) is 18.2 Å². The van der Waals surface area contributed by atoms with Gasteiger partial charge in [-0.15, -0.1) is 0 Å². The van der Waals surface area contributed by atoms with Crippen molar-refractivity contribution < 1.29 is 51.6 Å². The molecule has 3 aliphatic rings. The molecule has 0 fully saturated rings. The number of fused-ring (bicyclic) bond motifs is 3. The molecule has 6 rings (SSSR count). The Morgan fingerprint density at radius 1 is 0.867 bits per heavy atom. The molecule has 3 aromatic rings. The molecule has 1 aliphatic carbocycles. The molecule has 2 heterocycles. The highest BCUT2D eigenvalue weighted by Gasteiger charge is 2.38. The third-order valence-corrected chi connectivity index (χ3v) is 8.47. The predicted molar refractivity (Wildman–Crippen MR) is 157 cm³/mol. The van der Waals surface area contributed by atoms with Crippen molar-refractivity contribution in [3.8, 4) is 23.0 Å². The quantitative estimate of drug-likeness (QED) is 0.296. The van der Waals surface area contributed by atoms with Crippen LogP contribution in [0.25, 0.3) is 0 Å². The lowest BCUT2D eigenvalue weighted by Gasteiger charge is -2.19. The van der Waals surface area contributed by atoms with Crippen LogP contribution in [-0.2, 0) is 31.7 Å². The number of alkyl halides is 3. The van der Waals surface area contributed by atoms with Gasteiger partial charge in [-0.2, -0.15) is 13.2 Å². The second-order valence-electron chi connectivity index (χ2n) is 11.4. The van der Waals surface area contributed by atoms with Crippen LogP contribution in [0, 0.1) is 13.8 Å². The second-order valence-corrected chi connectivity index (χ2v) is 11.4. The lowest BCUT2D eigenvalue weighted by Crippen LogP contribution is -2.10. The minimum atomic E-state index is -4.37. The summed E-state index contributed by atoms with van der Waals surface area (Å²) < 4.78 is 66.5. The Balaban J connectivity index is 0.000000211. The second kappa shape index (κ2) is 12.9. The molecule has 0 spiro atoms. The van der Waals surface area contributed by atoms with Crippen LogP contribution in [0.15, 0.2) is 42.5 Å². The van der Waals surface area contributed by atoms with Gasteiger partial charge in [-0.3, -0.25) is 9.59 Å². The summed E-state index contributed by atoms with van der Waals surface area (Å²) in [6, 6.07) is 11.4. The van der Waals surface area contributed by atoms with E-state index in [-0.39, 0.29) is 35.9 Å². The molecule has 3 aromatic carbocycles. The first kappa shape index (κ1) is 32.0. The van der Waals surface area contributed by atoms with Crippen molar-refractivity contribution in [3.63, 3.8) is 0 Å². The van der Waals surface area contributed by atoms with Crippen LogP contribution in [0.5, 0.6) is 23.0 Å². The maximum absolute atomic E-state index is 13.3. The molecule has 45 heavy (non-hydrogen) atoms. The van der Waals surface area contributed by atoms with E-state index < -0.39 is 17.8 Å². The fraction of sp³-hybridized carbons (Fsp3) is 0.412. The summed E-state index contributed by atoms with van der Waals surface area (Å²) in [5, 5.41) is 9.53. The normalized spacial score (nSPS) is 19.2. The van der Waals surface area contributed by atoms with Gasteiger partial charge in [0.1, 0.15) is 29.1 Å². The largest absolute Gasteiger partial charge is 0.508 e. The van der Waals surface area contributed by atoms with Gasteiger partial charge in [0.2, 0.25) is 0 Å². The number of esters is 2. The van der Waals surface area contributed by atoms with Crippen molar-refractivity contribution in [2.24, 2.45) is 0 Å². The molecule has 0 saturated heterocycles. The Kier molecular flexibility index (Phi) is 9.18. The highest BCUT2D eigenvalue weighted by molar-refractivity contribution is 5.71. The van der Waals surface area contributed by atoms with Crippen LogP contribution in [0.2, 0.25) is 0 Å². The Morgan fingerprint density at radius 2 is 1.44 bits per heavy atom. The fourth-order valence-corrected chi connectivity index (χ4v) is 6.03. The predicted octanol–water partition coefficient (Wildman–Crippen LogP) is 6.86. The topological polar surface area (TPSA) is 101 Å². The molecule has 0 saturated carbocycles. The van der Waals surface area contributed by atoms with Crippen LogP contribution < -0.4 is 14.2 Å². The van der Waals surface area contributed by atoms with Gasteiger partial charge in [0.15, 0.2) is 0 Å². The molecule has 0 radical (unpaired) electrons. The number of carbonyl (C=O) groups is 2. The molecule has 11 heteroatoms. The number of benzene rings is 3. The van der Waals surface area contributed by atoms with E-state index >= 15 is 0 Å². The third-order valence-electron chi connectivity index (χ3n) is 8.47. The minimum absolute atomic E-state index is 0.0294.